The van der Waals surface area contributed by atoms with Gasteiger partial charge in [-0.15, -0.1) is 0 Å². The fourth-order valence-corrected chi connectivity index (χ4v) is 2.25. The lowest BCUT2D eigenvalue weighted by atomic mass is 10.1. The molecule has 16 heavy (non-hydrogen) atoms. The van der Waals surface area contributed by atoms with Crippen LogP contribution in [0.5, 0.6) is 0 Å². The number of aryl methyl sites for hydroxylation is 1. The van der Waals surface area contributed by atoms with Crippen LogP contribution in [0.2, 0.25) is 0 Å². The second-order valence-electron chi connectivity index (χ2n) is 4.53. The molecule has 0 spiro atoms. The summed E-state index contributed by atoms with van der Waals surface area (Å²) in [5.74, 6) is 0. The zero-order valence-corrected chi connectivity index (χ0v) is 9.77. The predicted molar refractivity (Wildman–Crippen MR) is 65.6 cm³/mol. The largest absolute Gasteiger partial charge is 0.354 e. The Hall–Kier alpha value is -1.09. The van der Waals surface area contributed by atoms with Gasteiger partial charge in [-0.2, -0.15) is 0 Å². The molecule has 1 aromatic heterocycles. The Morgan fingerprint density at radius 1 is 1.00 bits per heavy atom. The van der Waals surface area contributed by atoms with Crippen molar-refractivity contribution in [3.8, 4) is 0 Å². The van der Waals surface area contributed by atoms with Crippen LogP contribution in [-0.4, -0.2) is 29.1 Å². The van der Waals surface area contributed by atoms with Gasteiger partial charge in [-0.05, 0) is 38.9 Å². The minimum atomic E-state index is 0.0901. The highest BCUT2D eigenvalue weighted by Gasteiger charge is 2.08. The minimum Gasteiger partial charge on any atom is -0.354 e. The molecule has 1 aliphatic rings. The van der Waals surface area contributed by atoms with E-state index in [9.17, 15) is 4.79 Å². The number of nitrogens with zero attached hydrogens (tertiary/aromatic N) is 2. The Bertz CT molecular complexity index is 346. The number of rotatable bonds is 4. The van der Waals surface area contributed by atoms with E-state index in [0.29, 0.717) is 0 Å². The molecule has 1 saturated heterocycles. The van der Waals surface area contributed by atoms with Crippen LogP contribution in [0.1, 0.15) is 25.7 Å². The summed E-state index contributed by atoms with van der Waals surface area (Å²) >= 11 is 0. The van der Waals surface area contributed by atoms with Crippen molar-refractivity contribution < 1.29 is 0 Å². The molecule has 1 fully saturated rings. The molecule has 0 amide bonds. The van der Waals surface area contributed by atoms with Gasteiger partial charge in [-0.1, -0.05) is 6.42 Å². The van der Waals surface area contributed by atoms with E-state index >= 15 is 0 Å². The summed E-state index contributed by atoms with van der Waals surface area (Å²) in [7, 11) is 0. The third-order valence-electron chi connectivity index (χ3n) is 3.20. The van der Waals surface area contributed by atoms with Gasteiger partial charge in [0.1, 0.15) is 0 Å². The van der Waals surface area contributed by atoms with Crippen molar-refractivity contribution in [2.75, 3.05) is 19.6 Å². The van der Waals surface area contributed by atoms with Crippen LogP contribution in [0, 0.1) is 0 Å². The molecular weight excluding hydrogens is 200 g/mol. The molecule has 3 heteroatoms. The summed E-state index contributed by atoms with van der Waals surface area (Å²) in [6.45, 7) is 4.73. The minimum absolute atomic E-state index is 0.0901. The van der Waals surface area contributed by atoms with E-state index < -0.39 is 0 Å². The highest BCUT2D eigenvalue weighted by molar-refractivity contribution is 4.93. The second kappa shape index (κ2) is 5.85. The molecule has 88 valence electrons. The third kappa shape index (κ3) is 3.49. The van der Waals surface area contributed by atoms with Gasteiger partial charge in [0.2, 0.25) is 0 Å². The van der Waals surface area contributed by atoms with E-state index in [0.717, 1.165) is 6.54 Å². The average molecular weight is 220 g/mol. The van der Waals surface area contributed by atoms with Gasteiger partial charge < -0.3 is 9.47 Å². The van der Waals surface area contributed by atoms with Crippen LogP contribution < -0.4 is 5.43 Å². The van der Waals surface area contributed by atoms with E-state index in [-0.39, 0.29) is 5.43 Å². The molecule has 0 saturated carbocycles. The summed E-state index contributed by atoms with van der Waals surface area (Å²) in [6, 6.07) is 3.25. The topological polar surface area (TPSA) is 25.2 Å². The van der Waals surface area contributed by atoms with E-state index in [4.69, 9.17) is 0 Å². The average Bonchev–Trinajstić information content (AvgIpc) is 2.33. The maximum absolute atomic E-state index is 10.9. The van der Waals surface area contributed by atoms with Crippen LogP contribution in [0.3, 0.4) is 0 Å². The molecule has 0 radical (unpaired) electrons. The molecular formula is C13H20N2O. The number of piperidine rings is 1. The Balaban J connectivity index is 1.71. The molecule has 0 N–H and O–H groups in total. The zero-order chi connectivity index (χ0) is 11.2. The van der Waals surface area contributed by atoms with E-state index in [1.165, 1.54) is 45.3 Å². The van der Waals surface area contributed by atoms with E-state index in [1.807, 2.05) is 12.4 Å². The maximum atomic E-state index is 10.9. The first-order chi connectivity index (χ1) is 7.84. The normalized spacial score (nSPS) is 17.5. The SMILES string of the molecule is O=c1ccn(CCCN2CCCCC2)cc1. The van der Waals surface area contributed by atoms with E-state index in [1.54, 1.807) is 12.1 Å². The van der Waals surface area contributed by atoms with Gasteiger partial charge in [-0.25, -0.2) is 0 Å². The summed E-state index contributed by atoms with van der Waals surface area (Å²) < 4.78 is 2.09. The molecule has 1 aromatic rings. The molecule has 0 atom stereocenters. The van der Waals surface area contributed by atoms with Crippen LogP contribution in [0.25, 0.3) is 0 Å². The molecule has 0 bridgehead atoms. The summed E-state index contributed by atoms with van der Waals surface area (Å²) in [5, 5.41) is 0. The van der Waals surface area contributed by atoms with E-state index in [2.05, 4.69) is 9.47 Å². The van der Waals surface area contributed by atoms with Gasteiger partial charge in [0, 0.05) is 31.1 Å². The Labute approximate surface area is 96.7 Å². The number of hydrogen-bond acceptors (Lipinski definition) is 2. The first-order valence-corrected chi connectivity index (χ1v) is 6.23. The molecule has 0 unspecified atom stereocenters. The van der Waals surface area contributed by atoms with Crippen LogP contribution in [0.4, 0.5) is 0 Å². The van der Waals surface area contributed by atoms with Crippen molar-refractivity contribution in [3.63, 3.8) is 0 Å². The van der Waals surface area contributed by atoms with Gasteiger partial charge in [-0.3, -0.25) is 4.79 Å². The number of aromatic nitrogens is 1. The molecule has 2 rings (SSSR count). The molecule has 0 aliphatic carbocycles. The lowest BCUT2D eigenvalue weighted by Gasteiger charge is -2.26. The lowest BCUT2D eigenvalue weighted by Crippen LogP contribution is -2.31. The van der Waals surface area contributed by atoms with Crippen LogP contribution >= 0.6 is 0 Å². The number of hydrogen-bond donors (Lipinski definition) is 0. The molecule has 1 aliphatic heterocycles. The quantitative estimate of drug-likeness (QED) is 0.772. The Morgan fingerprint density at radius 2 is 1.69 bits per heavy atom. The van der Waals surface area contributed by atoms with Gasteiger partial charge in [0.05, 0.1) is 0 Å². The predicted octanol–water partition coefficient (Wildman–Crippen LogP) is 1.72. The molecule has 0 aromatic carbocycles. The van der Waals surface area contributed by atoms with Crippen molar-refractivity contribution in [1.82, 2.24) is 9.47 Å². The fraction of sp³-hybridized carbons (Fsp3) is 0.615. The van der Waals surface area contributed by atoms with Crippen molar-refractivity contribution in [1.29, 1.82) is 0 Å². The van der Waals surface area contributed by atoms with Crippen molar-refractivity contribution in [2.24, 2.45) is 0 Å². The lowest BCUT2D eigenvalue weighted by molar-refractivity contribution is 0.223. The van der Waals surface area contributed by atoms with Crippen molar-refractivity contribution in [2.45, 2.75) is 32.2 Å². The van der Waals surface area contributed by atoms with Crippen molar-refractivity contribution in [3.05, 3.63) is 34.7 Å². The monoisotopic (exact) mass is 220 g/mol. The molecule has 3 nitrogen and oxygen atoms in total. The second-order valence-corrected chi connectivity index (χ2v) is 4.53. The molecule has 2 heterocycles. The van der Waals surface area contributed by atoms with Crippen LogP contribution in [-0.2, 0) is 6.54 Å². The Morgan fingerprint density at radius 3 is 2.38 bits per heavy atom. The van der Waals surface area contributed by atoms with Gasteiger partial charge in [0.25, 0.3) is 0 Å². The summed E-state index contributed by atoms with van der Waals surface area (Å²) in [6.07, 6.45) is 9.03. The van der Waals surface area contributed by atoms with Crippen molar-refractivity contribution >= 4 is 0 Å². The van der Waals surface area contributed by atoms with Gasteiger partial charge >= 0.3 is 0 Å². The zero-order valence-electron chi connectivity index (χ0n) is 9.77. The third-order valence-corrected chi connectivity index (χ3v) is 3.20. The van der Waals surface area contributed by atoms with Crippen LogP contribution in [0.15, 0.2) is 29.3 Å². The highest BCUT2D eigenvalue weighted by Crippen LogP contribution is 2.08. The first kappa shape index (κ1) is 11.4. The highest BCUT2D eigenvalue weighted by atomic mass is 16.1. The first-order valence-electron chi connectivity index (χ1n) is 6.23. The van der Waals surface area contributed by atoms with Gasteiger partial charge in [0.15, 0.2) is 5.43 Å². The number of pyridine rings is 1. The summed E-state index contributed by atoms with van der Waals surface area (Å²) in [4.78, 5) is 13.5. The smallest absolute Gasteiger partial charge is 0.181 e. The number of likely N-dealkylation sites (tertiary alicyclic amines) is 1. The summed E-state index contributed by atoms with van der Waals surface area (Å²) in [5.41, 5.74) is 0.0901. The Kier molecular flexibility index (Phi) is 4.17. The standard InChI is InChI=1S/C13H20N2O/c16-13-5-11-15(12-6-13)10-4-9-14-7-2-1-3-8-14/h5-6,11-12H,1-4,7-10H2. The maximum Gasteiger partial charge on any atom is 0.181 e. The fourth-order valence-electron chi connectivity index (χ4n) is 2.25.